The standard InChI is InChI=1S/C15H31N3O/c1-5-15(7-10-16-11-8-15)14(19)17-9-6-12-18(4)13(2)3/h13,16H,5-12H2,1-4H3,(H,17,19). The predicted molar refractivity (Wildman–Crippen MR) is 80.2 cm³/mol. The molecule has 0 bridgehead atoms. The second kappa shape index (κ2) is 7.85. The van der Waals surface area contributed by atoms with Gasteiger partial charge in [0.25, 0.3) is 0 Å². The van der Waals surface area contributed by atoms with E-state index in [1.54, 1.807) is 0 Å². The van der Waals surface area contributed by atoms with E-state index in [0.717, 1.165) is 51.9 Å². The first-order chi connectivity index (χ1) is 9.02. The summed E-state index contributed by atoms with van der Waals surface area (Å²) in [6, 6.07) is 0.571. The lowest BCUT2D eigenvalue weighted by Gasteiger charge is -2.35. The number of nitrogens with one attached hydrogen (secondary N) is 2. The Hall–Kier alpha value is -0.610. The second-order valence-corrected chi connectivity index (χ2v) is 6.07. The van der Waals surface area contributed by atoms with Gasteiger partial charge in [-0.05, 0) is 66.2 Å². The molecule has 0 aromatic rings. The molecule has 0 aliphatic carbocycles. The highest BCUT2D eigenvalue weighted by atomic mass is 16.2. The average Bonchev–Trinajstić information content (AvgIpc) is 2.43. The number of hydrogen-bond donors (Lipinski definition) is 2. The Balaban J connectivity index is 2.29. The summed E-state index contributed by atoms with van der Waals surface area (Å²) in [4.78, 5) is 14.7. The first-order valence-corrected chi connectivity index (χ1v) is 7.71. The summed E-state index contributed by atoms with van der Waals surface area (Å²) >= 11 is 0. The van der Waals surface area contributed by atoms with Crippen LogP contribution in [0.4, 0.5) is 0 Å². The zero-order chi connectivity index (χ0) is 14.3. The first-order valence-electron chi connectivity index (χ1n) is 7.71. The highest BCUT2D eigenvalue weighted by Gasteiger charge is 2.37. The molecule has 1 aliphatic rings. The van der Waals surface area contributed by atoms with Crippen LogP contribution in [0.1, 0.15) is 46.5 Å². The fourth-order valence-electron chi connectivity index (χ4n) is 2.62. The van der Waals surface area contributed by atoms with Crippen LogP contribution in [0, 0.1) is 5.41 Å². The maximum absolute atomic E-state index is 12.4. The summed E-state index contributed by atoms with van der Waals surface area (Å²) in [5.41, 5.74) is -0.116. The van der Waals surface area contributed by atoms with Crippen molar-refractivity contribution in [1.29, 1.82) is 0 Å². The Morgan fingerprint density at radius 2 is 2.00 bits per heavy atom. The molecule has 4 heteroatoms. The van der Waals surface area contributed by atoms with Crippen LogP contribution in [0.25, 0.3) is 0 Å². The van der Waals surface area contributed by atoms with Crippen molar-refractivity contribution in [3.63, 3.8) is 0 Å². The molecule has 1 rings (SSSR count). The van der Waals surface area contributed by atoms with Crippen LogP contribution < -0.4 is 10.6 Å². The minimum absolute atomic E-state index is 0.116. The lowest BCUT2D eigenvalue weighted by Crippen LogP contribution is -2.47. The fourth-order valence-corrected chi connectivity index (χ4v) is 2.62. The SMILES string of the molecule is CCC1(C(=O)NCCCN(C)C(C)C)CCNCC1. The largest absolute Gasteiger partial charge is 0.356 e. The van der Waals surface area contributed by atoms with Gasteiger partial charge >= 0.3 is 0 Å². The van der Waals surface area contributed by atoms with Gasteiger partial charge in [-0.2, -0.15) is 0 Å². The summed E-state index contributed by atoms with van der Waals surface area (Å²) in [5.74, 6) is 0.267. The minimum atomic E-state index is -0.116. The Morgan fingerprint density at radius 3 is 2.53 bits per heavy atom. The van der Waals surface area contributed by atoms with E-state index in [1.165, 1.54) is 0 Å². The summed E-state index contributed by atoms with van der Waals surface area (Å²) in [6.07, 6.45) is 3.92. The van der Waals surface area contributed by atoms with Gasteiger partial charge in [0, 0.05) is 12.6 Å². The van der Waals surface area contributed by atoms with Crippen molar-refractivity contribution in [2.45, 2.75) is 52.5 Å². The van der Waals surface area contributed by atoms with Gasteiger partial charge in [-0.15, -0.1) is 0 Å². The number of piperidine rings is 1. The van der Waals surface area contributed by atoms with Crippen molar-refractivity contribution in [1.82, 2.24) is 15.5 Å². The molecular formula is C15H31N3O. The first kappa shape index (κ1) is 16.4. The molecule has 4 nitrogen and oxygen atoms in total. The molecule has 0 aromatic heterocycles. The molecule has 112 valence electrons. The number of carbonyl (C=O) groups is 1. The van der Waals surface area contributed by atoms with Crippen LogP contribution in [0.5, 0.6) is 0 Å². The normalized spacial score (nSPS) is 18.8. The van der Waals surface area contributed by atoms with Crippen molar-refractivity contribution >= 4 is 5.91 Å². The van der Waals surface area contributed by atoms with E-state index in [0.29, 0.717) is 6.04 Å². The Labute approximate surface area is 118 Å². The smallest absolute Gasteiger partial charge is 0.226 e. The van der Waals surface area contributed by atoms with E-state index in [1.807, 2.05) is 0 Å². The molecular weight excluding hydrogens is 238 g/mol. The van der Waals surface area contributed by atoms with Crippen LogP contribution in [0.15, 0.2) is 0 Å². The van der Waals surface area contributed by atoms with Gasteiger partial charge in [-0.3, -0.25) is 4.79 Å². The van der Waals surface area contributed by atoms with Gasteiger partial charge in [0.1, 0.15) is 0 Å². The molecule has 2 N–H and O–H groups in total. The molecule has 0 aromatic carbocycles. The Morgan fingerprint density at radius 1 is 1.37 bits per heavy atom. The number of hydrogen-bond acceptors (Lipinski definition) is 3. The molecule has 1 fully saturated rings. The van der Waals surface area contributed by atoms with Crippen LogP contribution in [-0.2, 0) is 4.79 Å². The Kier molecular flexibility index (Phi) is 6.80. The van der Waals surface area contributed by atoms with Crippen molar-refractivity contribution < 1.29 is 4.79 Å². The third-order valence-corrected chi connectivity index (χ3v) is 4.57. The molecule has 0 saturated carbocycles. The summed E-state index contributed by atoms with van der Waals surface area (Å²) in [5, 5.41) is 6.48. The van der Waals surface area contributed by atoms with Gasteiger partial charge in [0.15, 0.2) is 0 Å². The maximum Gasteiger partial charge on any atom is 0.226 e. The van der Waals surface area contributed by atoms with Gasteiger partial charge in [-0.1, -0.05) is 6.92 Å². The van der Waals surface area contributed by atoms with E-state index < -0.39 is 0 Å². The summed E-state index contributed by atoms with van der Waals surface area (Å²) in [7, 11) is 2.13. The molecule has 0 radical (unpaired) electrons. The lowest BCUT2D eigenvalue weighted by molar-refractivity contribution is -0.132. The molecule has 19 heavy (non-hydrogen) atoms. The van der Waals surface area contributed by atoms with Gasteiger partial charge in [-0.25, -0.2) is 0 Å². The fraction of sp³-hybridized carbons (Fsp3) is 0.933. The maximum atomic E-state index is 12.4. The number of carbonyl (C=O) groups excluding carboxylic acids is 1. The van der Waals surface area contributed by atoms with Crippen molar-refractivity contribution in [3.8, 4) is 0 Å². The zero-order valence-electron chi connectivity index (χ0n) is 13.1. The van der Waals surface area contributed by atoms with Crippen LogP contribution in [0.2, 0.25) is 0 Å². The van der Waals surface area contributed by atoms with Crippen molar-refractivity contribution in [2.75, 3.05) is 33.2 Å². The van der Waals surface area contributed by atoms with Crippen molar-refractivity contribution in [3.05, 3.63) is 0 Å². The molecule has 1 aliphatic heterocycles. The van der Waals surface area contributed by atoms with Gasteiger partial charge in [0.05, 0.1) is 5.41 Å². The number of rotatable bonds is 7. The molecule has 0 spiro atoms. The molecule has 0 unspecified atom stereocenters. The van der Waals surface area contributed by atoms with Crippen LogP contribution in [-0.4, -0.2) is 50.1 Å². The van der Waals surface area contributed by atoms with Crippen molar-refractivity contribution in [2.24, 2.45) is 5.41 Å². The number of amides is 1. The van der Waals surface area contributed by atoms with E-state index in [-0.39, 0.29) is 11.3 Å². The highest BCUT2D eigenvalue weighted by molar-refractivity contribution is 5.82. The predicted octanol–water partition coefficient (Wildman–Crippen LogP) is 1.61. The third kappa shape index (κ3) is 4.77. The van der Waals surface area contributed by atoms with Gasteiger partial charge in [0.2, 0.25) is 5.91 Å². The third-order valence-electron chi connectivity index (χ3n) is 4.57. The van der Waals surface area contributed by atoms with E-state index in [2.05, 4.69) is 43.4 Å². The molecule has 1 saturated heterocycles. The monoisotopic (exact) mass is 269 g/mol. The van der Waals surface area contributed by atoms with Gasteiger partial charge < -0.3 is 15.5 Å². The zero-order valence-corrected chi connectivity index (χ0v) is 13.1. The molecule has 0 atom stereocenters. The Bertz CT molecular complexity index is 273. The number of nitrogens with zero attached hydrogens (tertiary/aromatic N) is 1. The summed E-state index contributed by atoms with van der Waals surface area (Å²) < 4.78 is 0. The topological polar surface area (TPSA) is 44.4 Å². The minimum Gasteiger partial charge on any atom is -0.356 e. The quantitative estimate of drug-likeness (QED) is 0.690. The second-order valence-electron chi connectivity index (χ2n) is 6.07. The van der Waals surface area contributed by atoms with Crippen LogP contribution in [0.3, 0.4) is 0 Å². The summed E-state index contributed by atoms with van der Waals surface area (Å²) in [6.45, 7) is 10.3. The average molecular weight is 269 g/mol. The van der Waals surface area contributed by atoms with E-state index in [4.69, 9.17) is 0 Å². The lowest BCUT2D eigenvalue weighted by atomic mass is 9.76. The van der Waals surface area contributed by atoms with Crippen LogP contribution >= 0.6 is 0 Å². The molecule has 1 heterocycles. The highest BCUT2D eigenvalue weighted by Crippen LogP contribution is 2.32. The molecule has 1 amide bonds. The van der Waals surface area contributed by atoms with E-state index >= 15 is 0 Å². The van der Waals surface area contributed by atoms with E-state index in [9.17, 15) is 4.79 Å².